The second-order valence-corrected chi connectivity index (χ2v) is 8.84. The molecule has 3 aromatic carbocycles. The van der Waals surface area contributed by atoms with Crippen LogP contribution in [0.3, 0.4) is 0 Å². The van der Waals surface area contributed by atoms with E-state index in [2.05, 4.69) is 6.07 Å². The third-order valence-electron chi connectivity index (χ3n) is 6.98. The highest BCUT2D eigenvalue weighted by molar-refractivity contribution is 6.19. The van der Waals surface area contributed by atoms with Crippen LogP contribution in [0.5, 0.6) is 0 Å². The number of para-hydroxylation sites is 1. The summed E-state index contributed by atoms with van der Waals surface area (Å²) in [5.74, 6) is -2.57. The Bertz CT molecular complexity index is 1620. The van der Waals surface area contributed by atoms with Crippen LogP contribution in [-0.4, -0.2) is 18.5 Å². The lowest BCUT2D eigenvalue weighted by molar-refractivity contribution is -0.137. The molecule has 182 valence electrons. The average molecular weight is 496 g/mol. The van der Waals surface area contributed by atoms with E-state index in [-0.39, 0.29) is 47.1 Å². The molecule has 1 amide bonds. The van der Waals surface area contributed by atoms with Gasteiger partial charge in [0.15, 0.2) is 0 Å². The molecule has 6 rings (SSSR count). The summed E-state index contributed by atoms with van der Waals surface area (Å²) in [5.41, 5.74) is 5.95. The lowest BCUT2D eigenvalue weighted by Gasteiger charge is -2.38. The molecule has 0 bridgehead atoms. The van der Waals surface area contributed by atoms with Crippen LogP contribution >= 0.6 is 0 Å². The average Bonchev–Trinajstić information content (AvgIpc) is 3.38. The number of nitrogens with two attached hydrogens (primary N) is 1. The SMILES string of the molecule is N#CC1=C(N)N(c2cccc(F)c2)C2=C(C(=O)OC2)[C@@]12C(=O)N(Cc1ccccc1F)c1ccccc12. The van der Waals surface area contributed by atoms with E-state index in [0.717, 1.165) is 0 Å². The monoisotopic (exact) mass is 496 g/mol. The van der Waals surface area contributed by atoms with Crippen molar-refractivity contribution in [2.75, 3.05) is 16.4 Å². The van der Waals surface area contributed by atoms with Crippen LogP contribution in [0.1, 0.15) is 11.1 Å². The number of nitrogens with zero attached hydrogens (tertiary/aromatic N) is 3. The van der Waals surface area contributed by atoms with Crippen LogP contribution < -0.4 is 15.5 Å². The number of carbonyl (C=O) groups is 2. The molecular weight excluding hydrogens is 478 g/mol. The summed E-state index contributed by atoms with van der Waals surface area (Å²) in [5, 5.41) is 10.4. The van der Waals surface area contributed by atoms with Crippen molar-refractivity contribution in [1.29, 1.82) is 5.26 Å². The standard InChI is InChI=1S/C28H18F2N4O3/c29-17-7-5-8-18(12-17)34-23-15-37-26(35)24(23)28(20(13-31)25(34)32)19-9-2-4-11-22(19)33(27(28)36)14-16-6-1-3-10-21(16)30/h1-12H,14-15,32H2/t28-/m0/s1. The van der Waals surface area contributed by atoms with Gasteiger partial charge in [-0.2, -0.15) is 5.26 Å². The highest BCUT2D eigenvalue weighted by atomic mass is 19.1. The van der Waals surface area contributed by atoms with E-state index in [1.165, 1.54) is 34.1 Å². The van der Waals surface area contributed by atoms with E-state index < -0.39 is 28.9 Å². The van der Waals surface area contributed by atoms with E-state index >= 15 is 0 Å². The molecule has 7 nitrogen and oxygen atoms in total. The molecule has 0 radical (unpaired) electrons. The zero-order valence-electron chi connectivity index (χ0n) is 19.2. The van der Waals surface area contributed by atoms with Gasteiger partial charge in [0.2, 0.25) is 5.91 Å². The molecule has 1 atom stereocenters. The molecule has 2 N–H and O–H groups in total. The van der Waals surface area contributed by atoms with Crippen LogP contribution in [0.25, 0.3) is 0 Å². The van der Waals surface area contributed by atoms with Gasteiger partial charge >= 0.3 is 5.97 Å². The molecule has 9 heteroatoms. The van der Waals surface area contributed by atoms with Gasteiger partial charge in [-0.05, 0) is 30.3 Å². The zero-order valence-corrected chi connectivity index (χ0v) is 19.2. The first kappa shape index (κ1) is 22.5. The topological polar surface area (TPSA) is 99.7 Å². The largest absolute Gasteiger partial charge is 0.456 e. The summed E-state index contributed by atoms with van der Waals surface area (Å²) in [6.45, 7) is -0.358. The molecule has 0 aromatic heterocycles. The number of carbonyl (C=O) groups excluding carboxylic acids is 2. The van der Waals surface area contributed by atoms with Gasteiger partial charge in [-0.3, -0.25) is 9.69 Å². The Balaban J connectivity index is 1.62. The fraction of sp³-hybridized carbons (Fsp3) is 0.107. The van der Waals surface area contributed by atoms with Crippen LogP contribution in [0, 0.1) is 23.0 Å². The molecule has 0 saturated carbocycles. The summed E-state index contributed by atoms with van der Waals surface area (Å²) >= 11 is 0. The maximum atomic E-state index is 14.6. The summed E-state index contributed by atoms with van der Waals surface area (Å²) in [6.07, 6.45) is 0. The molecule has 3 heterocycles. The van der Waals surface area contributed by atoms with Gasteiger partial charge in [-0.1, -0.05) is 42.5 Å². The highest BCUT2D eigenvalue weighted by Gasteiger charge is 2.64. The first-order valence-corrected chi connectivity index (χ1v) is 11.4. The van der Waals surface area contributed by atoms with E-state index in [0.29, 0.717) is 11.3 Å². The van der Waals surface area contributed by atoms with Crippen molar-refractivity contribution < 1.29 is 23.1 Å². The second-order valence-electron chi connectivity index (χ2n) is 8.84. The van der Waals surface area contributed by atoms with Gasteiger partial charge in [0.1, 0.15) is 35.5 Å². The van der Waals surface area contributed by atoms with E-state index in [9.17, 15) is 23.6 Å². The van der Waals surface area contributed by atoms with Gasteiger partial charge < -0.3 is 15.4 Å². The van der Waals surface area contributed by atoms with Crippen molar-refractivity contribution in [1.82, 2.24) is 0 Å². The molecule has 3 aromatic rings. The van der Waals surface area contributed by atoms with Crippen molar-refractivity contribution >= 4 is 23.3 Å². The second kappa shape index (κ2) is 8.03. The third-order valence-corrected chi connectivity index (χ3v) is 6.98. The lowest BCUT2D eigenvalue weighted by Crippen LogP contribution is -2.50. The highest BCUT2D eigenvalue weighted by Crippen LogP contribution is 2.56. The molecule has 0 unspecified atom stereocenters. The maximum absolute atomic E-state index is 14.6. The number of nitriles is 1. The number of benzene rings is 3. The number of esters is 1. The quantitative estimate of drug-likeness (QED) is 0.554. The Kier molecular flexibility index (Phi) is 4.88. The van der Waals surface area contributed by atoms with Crippen LogP contribution in [0.15, 0.2) is 95.5 Å². The van der Waals surface area contributed by atoms with Crippen molar-refractivity contribution in [3.8, 4) is 6.07 Å². The van der Waals surface area contributed by atoms with Gasteiger partial charge in [-0.15, -0.1) is 0 Å². The maximum Gasteiger partial charge on any atom is 0.338 e. The Hall–Kier alpha value is -4.97. The van der Waals surface area contributed by atoms with Crippen LogP contribution in [-0.2, 0) is 26.3 Å². The fourth-order valence-electron chi connectivity index (χ4n) is 5.46. The molecule has 0 fully saturated rings. The fourth-order valence-corrected chi connectivity index (χ4v) is 5.46. The minimum atomic E-state index is -1.90. The number of hydrogen-bond donors (Lipinski definition) is 1. The Morgan fingerprint density at radius 1 is 1.03 bits per heavy atom. The molecule has 1 spiro atoms. The summed E-state index contributed by atoms with van der Waals surface area (Å²) in [7, 11) is 0. The van der Waals surface area contributed by atoms with E-state index in [4.69, 9.17) is 10.5 Å². The number of cyclic esters (lactones) is 1. The first-order valence-electron chi connectivity index (χ1n) is 11.4. The van der Waals surface area contributed by atoms with Gasteiger partial charge in [-0.25, -0.2) is 13.6 Å². The Morgan fingerprint density at radius 2 is 1.78 bits per heavy atom. The summed E-state index contributed by atoms with van der Waals surface area (Å²) in [4.78, 5) is 30.4. The normalized spacial score (nSPS) is 20.4. The van der Waals surface area contributed by atoms with Crippen molar-refractivity contribution in [3.05, 3.63) is 118 Å². The number of ether oxygens (including phenoxy) is 1. The number of hydrogen-bond acceptors (Lipinski definition) is 6. The van der Waals surface area contributed by atoms with Crippen LogP contribution in [0.4, 0.5) is 20.2 Å². The van der Waals surface area contributed by atoms with Crippen LogP contribution in [0.2, 0.25) is 0 Å². The predicted octanol–water partition coefficient (Wildman–Crippen LogP) is 3.77. The zero-order chi connectivity index (χ0) is 25.9. The molecule has 3 aliphatic rings. The van der Waals surface area contributed by atoms with Crippen molar-refractivity contribution in [3.63, 3.8) is 0 Å². The minimum Gasteiger partial charge on any atom is -0.456 e. The van der Waals surface area contributed by atoms with E-state index in [1.54, 1.807) is 48.5 Å². The van der Waals surface area contributed by atoms with Crippen molar-refractivity contribution in [2.24, 2.45) is 5.73 Å². The number of amides is 1. The van der Waals surface area contributed by atoms with Gasteiger partial charge in [0, 0.05) is 16.8 Å². The third kappa shape index (κ3) is 2.96. The number of rotatable bonds is 3. The first-order chi connectivity index (χ1) is 17.9. The lowest BCUT2D eigenvalue weighted by atomic mass is 9.67. The molecular formula is C28H18F2N4O3. The number of halogens is 2. The van der Waals surface area contributed by atoms with E-state index in [1.807, 2.05) is 0 Å². The van der Waals surface area contributed by atoms with Crippen molar-refractivity contribution in [2.45, 2.75) is 12.0 Å². The number of fused-ring (bicyclic) bond motifs is 3. The minimum absolute atomic E-state index is 0.0593. The Labute approximate surface area is 210 Å². The molecule has 0 saturated heterocycles. The van der Waals surface area contributed by atoms with Gasteiger partial charge in [0.05, 0.1) is 29.1 Å². The smallest absolute Gasteiger partial charge is 0.338 e. The molecule has 3 aliphatic heterocycles. The Morgan fingerprint density at radius 3 is 2.54 bits per heavy atom. The summed E-state index contributed by atoms with van der Waals surface area (Å²) in [6, 6.07) is 20.3. The van der Waals surface area contributed by atoms with Gasteiger partial charge in [0.25, 0.3) is 0 Å². The summed E-state index contributed by atoms with van der Waals surface area (Å²) < 4.78 is 34.1. The number of anilines is 2. The predicted molar refractivity (Wildman–Crippen MR) is 129 cm³/mol. The molecule has 37 heavy (non-hydrogen) atoms. The molecule has 0 aliphatic carbocycles.